The number of benzene rings is 3. The number of carbonyl (C=O) groups excluding carboxylic acids is 1. The number of rotatable bonds is 4. The molecule has 8 bridgehead atoms. The van der Waals surface area contributed by atoms with Gasteiger partial charge in [-0.1, -0.05) is 91.0 Å². The monoisotopic (exact) mass is 566 g/mol. The van der Waals surface area contributed by atoms with E-state index in [0.29, 0.717) is 17.0 Å². The van der Waals surface area contributed by atoms with Crippen molar-refractivity contribution in [2.75, 3.05) is 0 Å². The molecule has 3 aromatic heterocycles. The van der Waals surface area contributed by atoms with E-state index in [1.165, 1.54) is 0 Å². The number of nitrogens with zero attached hydrogens (tertiary/aromatic N) is 2. The van der Waals surface area contributed by atoms with Gasteiger partial charge >= 0.3 is 0 Å². The van der Waals surface area contributed by atoms with Gasteiger partial charge in [-0.15, -0.1) is 0 Å². The van der Waals surface area contributed by atoms with Crippen LogP contribution >= 0.6 is 0 Å². The predicted octanol–water partition coefficient (Wildman–Crippen LogP) is 9.47. The number of fused-ring (bicyclic) bond motifs is 8. The highest BCUT2D eigenvalue weighted by atomic mass is 16.1. The van der Waals surface area contributed by atoms with Crippen LogP contribution in [0.3, 0.4) is 0 Å². The maximum Gasteiger partial charge on any atom is 0.154 e. The van der Waals surface area contributed by atoms with Crippen LogP contribution in [0.2, 0.25) is 0 Å². The smallest absolute Gasteiger partial charge is 0.154 e. The van der Waals surface area contributed by atoms with E-state index in [0.717, 1.165) is 73.1 Å². The molecular weight excluding hydrogens is 540 g/mol. The number of aromatic amines is 2. The molecule has 0 saturated carbocycles. The molecule has 8 rings (SSSR count). The van der Waals surface area contributed by atoms with Crippen LogP contribution in [0.25, 0.3) is 79.8 Å². The molecule has 3 aromatic carbocycles. The second-order valence-electron chi connectivity index (χ2n) is 10.8. The van der Waals surface area contributed by atoms with Gasteiger partial charge in [0.1, 0.15) is 0 Å². The third-order valence-corrected chi connectivity index (χ3v) is 8.10. The summed E-state index contributed by atoms with van der Waals surface area (Å²) in [5.74, 6) is 0. The van der Waals surface area contributed by atoms with Crippen LogP contribution in [0.15, 0.2) is 115 Å². The van der Waals surface area contributed by atoms with Crippen LogP contribution in [-0.2, 0) is 0 Å². The molecule has 0 spiro atoms. The Labute approximate surface area is 254 Å². The van der Waals surface area contributed by atoms with Gasteiger partial charge in [-0.2, -0.15) is 0 Å². The minimum absolute atomic E-state index is 0.452. The summed E-state index contributed by atoms with van der Waals surface area (Å²) >= 11 is 0. The van der Waals surface area contributed by atoms with Crippen molar-refractivity contribution < 1.29 is 4.79 Å². The first-order valence-corrected chi connectivity index (χ1v) is 14.5. The van der Waals surface area contributed by atoms with Crippen LogP contribution in [0.5, 0.6) is 0 Å². The molecule has 5 nitrogen and oxygen atoms in total. The summed E-state index contributed by atoms with van der Waals surface area (Å²) in [6.45, 7) is 0. The zero-order chi connectivity index (χ0) is 29.5. The predicted molar refractivity (Wildman–Crippen MR) is 181 cm³/mol. The number of aromatic nitrogens is 4. The van der Waals surface area contributed by atoms with E-state index < -0.39 is 0 Å². The first-order chi connectivity index (χ1) is 21.8. The largest absolute Gasteiger partial charge is 0.354 e. The quantitative estimate of drug-likeness (QED) is 0.208. The lowest BCUT2D eigenvalue weighted by molar-refractivity contribution is 0.112. The van der Waals surface area contributed by atoms with Gasteiger partial charge in [0, 0.05) is 38.8 Å². The van der Waals surface area contributed by atoms with E-state index in [2.05, 4.69) is 82.8 Å². The van der Waals surface area contributed by atoms with Gasteiger partial charge < -0.3 is 9.97 Å². The molecule has 0 radical (unpaired) electrons. The topological polar surface area (TPSA) is 74.4 Å². The third kappa shape index (κ3) is 4.39. The summed E-state index contributed by atoms with van der Waals surface area (Å²) in [6.07, 6.45) is 8.61. The molecule has 2 aliphatic rings. The zero-order valence-corrected chi connectivity index (χ0v) is 23.7. The molecule has 0 unspecified atom stereocenters. The number of H-pyrrole nitrogens is 2. The number of aldehydes is 1. The maximum absolute atomic E-state index is 12.5. The number of carbonyl (C=O) groups is 1. The summed E-state index contributed by atoms with van der Waals surface area (Å²) in [7, 11) is 0. The first kappa shape index (κ1) is 25.6. The van der Waals surface area contributed by atoms with Crippen molar-refractivity contribution in [3.63, 3.8) is 0 Å². The molecule has 2 N–H and O–H groups in total. The van der Waals surface area contributed by atoms with Gasteiger partial charge in [0.15, 0.2) is 6.29 Å². The Morgan fingerprint density at radius 1 is 0.409 bits per heavy atom. The molecule has 5 heteroatoms. The first-order valence-electron chi connectivity index (χ1n) is 14.5. The van der Waals surface area contributed by atoms with Gasteiger partial charge in [-0.25, -0.2) is 9.97 Å². The molecule has 5 heterocycles. The Kier molecular flexibility index (Phi) is 6.20. The van der Waals surface area contributed by atoms with E-state index in [1.807, 2.05) is 66.8 Å². The fourth-order valence-electron chi connectivity index (χ4n) is 6.08. The molecule has 0 fully saturated rings. The highest BCUT2D eigenvalue weighted by Crippen LogP contribution is 2.36. The Hall–Kier alpha value is -6.07. The maximum atomic E-state index is 12.5. The lowest BCUT2D eigenvalue weighted by Gasteiger charge is -2.05. The van der Waals surface area contributed by atoms with Gasteiger partial charge in [0.05, 0.1) is 28.3 Å². The molecule has 6 aromatic rings. The van der Waals surface area contributed by atoms with Crippen molar-refractivity contribution in [2.45, 2.75) is 0 Å². The molecule has 208 valence electrons. The average molecular weight is 567 g/mol. The van der Waals surface area contributed by atoms with E-state index in [-0.39, 0.29) is 0 Å². The Morgan fingerprint density at radius 3 is 1.14 bits per heavy atom. The third-order valence-electron chi connectivity index (χ3n) is 8.10. The molecular formula is C39H26N4O. The minimum Gasteiger partial charge on any atom is -0.354 e. The Balaban J connectivity index is 1.58. The van der Waals surface area contributed by atoms with Crippen LogP contribution in [0.1, 0.15) is 33.1 Å². The van der Waals surface area contributed by atoms with E-state index in [4.69, 9.17) is 9.97 Å². The minimum atomic E-state index is 0.452. The SMILES string of the molecule is O=Cc1c2nc(c(-c3ccccc3)c3ccc([nH]3)c(-c3ccccc3)c3ccc([nH]3)c(-c3ccccc3)c3nc1C=C3)C=C2. The van der Waals surface area contributed by atoms with Crippen LogP contribution in [0.4, 0.5) is 0 Å². The number of nitrogens with one attached hydrogen (secondary N) is 2. The zero-order valence-electron chi connectivity index (χ0n) is 23.7. The van der Waals surface area contributed by atoms with Crippen LogP contribution < -0.4 is 0 Å². The molecule has 0 aliphatic carbocycles. The van der Waals surface area contributed by atoms with Crippen LogP contribution in [-0.4, -0.2) is 26.2 Å². The van der Waals surface area contributed by atoms with Gasteiger partial charge in [0.25, 0.3) is 0 Å². The Bertz CT molecular complexity index is 2140. The van der Waals surface area contributed by atoms with Gasteiger partial charge in [0.2, 0.25) is 0 Å². The highest BCUT2D eigenvalue weighted by Gasteiger charge is 2.18. The second kappa shape index (κ2) is 10.6. The molecule has 44 heavy (non-hydrogen) atoms. The second-order valence-corrected chi connectivity index (χ2v) is 10.8. The van der Waals surface area contributed by atoms with Crippen LogP contribution in [0, 0.1) is 0 Å². The molecule has 0 atom stereocenters. The van der Waals surface area contributed by atoms with Crippen molar-refractivity contribution in [3.05, 3.63) is 144 Å². The van der Waals surface area contributed by atoms with Crippen molar-refractivity contribution >= 4 is 52.7 Å². The Morgan fingerprint density at radius 2 is 0.750 bits per heavy atom. The highest BCUT2D eigenvalue weighted by molar-refractivity contribution is 6.00. The standard InChI is InChI=1S/C39H26N4O/c44-24-28-29-16-18-31(40-29)37(25-10-4-1-5-11-25)33-20-22-35(42-33)39(27-14-8-3-9-15-27)36-23-21-34(43-36)38(26-12-6-2-7-13-26)32-19-17-30(28)41-32/h1-24,42-43H. The lowest BCUT2D eigenvalue weighted by atomic mass is 10.0. The van der Waals surface area contributed by atoms with Crippen molar-refractivity contribution in [2.24, 2.45) is 0 Å². The lowest BCUT2D eigenvalue weighted by Crippen LogP contribution is -1.92. The van der Waals surface area contributed by atoms with E-state index in [9.17, 15) is 4.79 Å². The average Bonchev–Trinajstić information content (AvgIpc) is 3.90. The summed E-state index contributed by atoms with van der Waals surface area (Å²) < 4.78 is 0. The van der Waals surface area contributed by atoms with Crippen molar-refractivity contribution in [1.82, 2.24) is 19.9 Å². The molecule has 0 amide bonds. The van der Waals surface area contributed by atoms with E-state index in [1.54, 1.807) is 0 Å². The summed E-state index contributed by atoms with van der Waals surface area (Å²) in [5.41, 5.74) is 13.1. The van der Waals surface area contributed by atoms with E-state index >= 15 is 0 Å². The van der Waals surface area contributed by atoms with Crippen molar-refractivity contribution in [3.8, 4) is 33.4 Å². The fourth-order valence-corrected chi connectivity index (χ4v) is 6.08. The summed E-state index contributed by atoms with van der Waals surface area (Å²) in [5, 5.41) is 0. The summed E-state index contributed by atoms with van der Waals surface area (Å²) in [6, 6.07) is 39.3. The fraction of sp³-hybridized carbons (Fsp3) is 0. The molecule has 0 saturated heterocycles. The normalized spacial score (nSPS) is 12.0. The number of hydrogen-bond acceptors (Lipinski definition) is 3. The van der Waals surface area contributed by atoms with Crippen molar-refractivity contribution in [1.29, 1.82) is 0 Å². The van der Waals surface area contributed by atoms with Gasteiger partial charge in [-0.3, -0.25) is 4.79 Å². The molecule has 2 aliphatic heterocycles. The number of hydrogen-bond donors (Lipinski definition) is 2. The van der Waals surface area contributed by atoms with Gasteiger partial charge in [-0.05, 0) is 65.3 Å². The summed E-state index contributed by atoms with van der Waals surface area (Å²) in [4.78, 5) is 30.0.